The Kier molecular flexibility index (Phi) is 69.7. The minimum absolute atomic E-state index is 0.0882. The largest absolute Gasteiger partial charge is 0.472 e. The molecular weight excluding hydrogens is 1280 g/mol. The number of allylic oxidation sites excluding steroid dienone is 10. The molecule has 572 valence electrons. The zero-order chi connectivity index (χ0) is 71.8. The average Bonchev–Trinajstić information content (AvgIpc) is 0.986. The fraction of sp³-hybridized carbons (Fsp3) is 0.823. The first-order chi connectivity index (χ1) is 47.7. The molecule has 0 aliphatic carbocycles. The normalized spacial score (nSPS) is 14.2. The summed E-state index contributed by atoms with van der Waals surface area (Å²) in [5.74, 6) is -2.20. The molecule has 3 N–H and O–H groups in total. The van der Waals surface area contributed by atoms with Crippen LogP contribution >= 0.6 is 15.6 Å². The lowest BCUT2D eigenvalue weighted by atomic mass is 10.0. The van der Waals surface area contributed by atoms with Crippen LogP contribution in [0.3, 0.4) is 0 Å². The Labute approximate surface area is 597 Å². The smallest absolute Gasteiger partial charge is 0.462 e. The van der Waals surface area contributed by atoms with Crippen molar-refractivity contribution in [3.05, 3.63) is 60.8 Å². The van der Waals surface area contributed by atoms with Gasteiger partial charge in [0.1, 0.15) is 19.3 Å². The van der Waals surface area contributed by atoms with Crippen LogP contribution in [0.1, 0.15) is 362 Å². The van der Waals surface area contributed by atoms with Crippen molar-refractivity contribution in [3.63, 3.8) is 0 Å². The van der Waals surface area contributed by atoms with E-state index >= 15 is 0 Å². The summed E-state index contributed by atoms with van der Waals surface area (Å²) in [7, 11) is -9.94. The molecule has 17 nitrogen and oxygen atoms in total. The van der Waals surface area contributed by atoms with Crippen molar-refractivity contribution in [2.24, 2.45) is 0 Å². The van der Waals surface area contributed by atoms with Crippen molar-refractivity contribution >= 4 is 39.5 Å². The van der Waals surface area contributed by atoms with Gasteiger partial charge in [-0.1, -0.05) is 332 Å². The average molecular weight is 1430 g/mol. The fourth-order valence-electron chi connectivity index (χ4n) is 11.0. The second-order valence-electron chi connectivity index (χ2n) is 26.6. The highest BCUT2D eigenvalue weighted by molar-refractivity contribution is 7.47. The molecule has 0 bridgehead atoms. The van der Waals surface area contributed by atoms with Crippen LogP contribution in [-0.2, 0) is 65.4 Å². The summed E-state index contributed by atoms with van der Waals surface area (Å²) in [6, 6.07) is 0. The highest BCUT2D eigenvalue weighted by Crippen LogP contribution is 2.45. The van der Waals surface area contributed by atoms with E-state index < -0.39 is 97.5 Å². The van der Waals surface area contributed by atoms with Crippen LogP contribution in [0.25, 0.3) is 0 Å². The Morgan fingerprint density at radius 2 is 0.531 bits per heavy atom. The summed E-state index contributed by atoms with van der Waals surface area (Å²) in [6.45, 7) is 4.77. The highest BCUT2D eigenvalue weighted by Gasteiger charge is 2.30. The molecule has 0 spiro atoms. The lowest BCUT2D eigenvalue weighted by Crippen LogP contribution is -2.30. The minimum atomic E-state index is -4.98. The van der Waals surface area contributed by atoms with E-state index in [4.69, 9.17) is 37.0 Å². The van der Waals surface area contributed by atoms with Gasteiger partial charge < -0.3 is 33.8 Å². The predicted octanol–water partition coefficient (Wildman–Crippen LogP) is 22.7. The van der Waals surface area contributed by atoms with Gasteiger partial charge in [0.05, 0.1) is 26.4 Å². The highest BCUT2D eigenvalue weighted by atomic mass is 31.2. The quantitative estimate of drug-likeness (QED) is 0.0169. The first kappa shape index (κ1) is 94.8. The van der Waals surface area contributed by atoms with Crippen LogP contribution < -0.4 is 0 Å². The van der Waals surface area contributed by atoms with Gasteiger partial charge in [-0.25, -0.2) is 9.13 Å². The molecule has 0 amide bonds. The van der Waals surface area contributed by atoms with Crippen molar-refractivity contribution in [1.29, 1.82) is 0 Å². The fourth-order valence-corrected chi connectivity index (χ4v) is 12.6. The van der Waals surface area contributed by atoms with E-state index in [2.05, 4.69) is 76.3 Å². The number of hydrogen-bond donors (Lipinski definition) is 3. The van der Waals surface area contributed by atoms with E-state index in [0.717, 1.165) is 103 Å². The number of carbonyl (C=O) groups excluding carboxylic acids is 4. The lowest BCUT2D eigenvalue weighted by molar-refractivity contribution is -0.161. The molecule has 0 rings (SSSR count). The van der Waals surface area contributed by atoms with Gasteiger partial charge in [0, 0.05) is 25.7 Å². The number of aliphatic hydroxyl groups excluding tert-OH is 1. The van der Waals surface area contributed by atoms with Crippen molar-refractivity contribution < 1.29 is 80.2 Å². The summed E-state index contributed by atoms with van der Waals surface area (Å²) in [6.07, 6.45) is 70.7. The second-order valence-corrected chi connectivity index (χ2v) is 29.6. The molecule has 0 aromatic heterocycles. The van der Waals surface area contributed by atoms with Crippen LogP contribution in [0.15, 0.2) is 60.8 Å². The lowest BCUT2D eigenvalue weighted by Gasteiger charge is -2.21. The number of aliphatic hydroxyl groups is 1. The number of esters is 4. The Morgan fingerprint density at radius 3 is 0.816 bits per heavy atom. The first-order valence-electron chi connectivity index (χ1n) is 39.5. The van der Waals surface area contributed by atoms with Gasteiger partial charge in [0.2, 0.25) is 0 Å². The second kappa shape index (κ2) is 72.1. The summed E-state index contributed by atoms with van der Waals surface area (Å²) in [5.41, 5.74) is 0. The van der Waals surface area contributed by atoms with Crippen LogP contribution in [-0.4, -0.2) is 96.7 Å². The van der Waals surface area contributed by atoms with Gasteiger partial charge in [-0.3, -0.25) is 37.3 Å². The topological polar surface area (TPSA) is 237 Å². The third-order valence-corrected chi connectivity index (χ3v) is 18.9. The van der Waals surface area contributed by atoms with Crippen molar-refractivity contribution in [1.82, 2.24) is 0 Å². The van der Waals surface area contributed by atoms with Gasteiger partial charge >= 0.3 is 39.5 Å². The maximum Gasteiger partial charge on any atom is 0.472 e. The van der Waals surface area contributed by atoms with E-state index in [0.29, 0.717) is 32.1 Å². The summed E-state index contributed by atoms with van der Waals surface area (Å²) in [4.78, 5) is 72.9. The molecule has 0 radical (unpaired) electrons. The van der Waals surface area contributed by atoms with E-state index in [1.54, 1.807) is 0 Å². The Morgan fingerprint density at radius 1 is 0.296 bits per heavy atom. The maximum atomic E-state index is 13.1. The molecule has 19 heteroatoms. The van der Waals surface area contributed by atoms with Gasteiger partial charge in [-0.15, -0.1) is 0 Å². The number of rotatable bonds is 75. The Hall–Kier alpha value is -3.24. The molecule has 0 heterocycles. The van der Waals surface area contributed by atoms with Crippen LogP contribution in [0.4, 0.5) is 0 Å². The number of phosphoric ester groups is 2. The first-order valence-corrected chi connectivity index (χ1v) is 42.5. The number of hydrogen-bond acceptors (Lipinski definition) is 15. The number of unbranched alkanes of at least 4 members (excludes halogenated alkanes) is 39. The molecule has 98 heavy (non-hydrogen) atoms. The van der Waals surface area contributed by atoms with Crippen molar-refractivity contribution in [2.75, 3.05) is 39.6 Å². The molecular formula is C79H144O17P2. The predicted molar refractivity (Wildman–Crippen MR) is 400 cm³/mol. The number of carbonyl (C=O) groups is 4. The molecule has 0 aliphatic rings. The molecule has 0 saturated heterocycles. The third-order valence-electron chi connectivity index (χ3n) is 17.0. The maximum absolute atomic E-state index is 13.1. The summed E-state index contributed by atoms with van der Waals surface area (Å²) in [5, 5.41) is 10.6. The van der Waals surface area contributed by atoms with E-state index in [-0.39, 0.29) is 25.7 Å². The van der Waals surface area contributed by atoms with E-state index in [1.807, 2.05) is 12.2 Å². The summed E-state index contributed by atoms with van der Waals surface area (Å²) >= 11 is 0. The molecule has 0 aromatic carbocycles. The van der Waals surface area contributed by atoms with E-state index in [1.165, 1.54) is 173 Å². The van der Waals surface area contributed by atoms with Crippen LogP contribution in [0.2, 0.25) is 0 Å². The zero-order valence-electron chi connectivity index (χ0n) is 62.5. The van der Waals surface area contributed by atoms with E-state index in [9.17, 15) is 43.2 Å². The molecule has 0 aliphatic heterocycles. The van der Waals surface area contributed by atoms with Gasteiger partial charge in [0.25, 0.3) is 0 Å². The van der Waals surface area contributed by atoms with Gasteiger partial charge in [-0.05, 0) is 64.2 Å². The molecule has 5 unspecified atom stereocenters. The number of ether oxygens (including phenoxy) is 4. The SMILES string of the molecule is CC/C=C\C/C=C\C/C=C\C/C=C\C/C=C\CCCC(=O)OCC(COP(=O)(O)OCC(O)COP(=O)(O)OCC(COC(=O)CCCCCCCCCCCCCCCCC)OC(=O)CCCCCCCCCCCCC)OC(=O)CCCCCCCCCCCCCCCCC. The molecule has 0 saturated carbocycles. The minimum Gasteiger partial charge on any atom is -0.462 e. The Balaban J connectivity index is 5.33. The van der Waals surface area contributed by atoms with Gasteiger partial charge in [-0.2, -0.15) is 0 Å². The monoisotopic (exact) mass is 1430 g/mol. The Bertz CT molecular complexity index is 2100. The number of phosphoric acid groups is 2. The standard InChI is InChI=1S/C79H144O17P2/c1-5-9-13-17-21-25-29-32-35-36-39-41-45-48-52-56-60-64-77(82)90-70-75(96-79(84)66-62-58-54-50-46-42-38-34-31-27-23-19-15-11-7-3)72-94-98(87,88)92-68-73(80)67-91-97(85,86)93-71-74(95-78(83)65-61-57-53-49-43-28-24-20-16-12-8-4)69-89-76(81)63-59-55-51-47-44-40-37-33-30-26-22-18-14-10-6-2/h9,13,21,25,32,35,39,41,48,52,73-75,80H,5-8,10-12,14-20,22-24,26-31,33-34,36-38,40,42-47,49-51,53-72H2,1-4H3,(H,85,86)(H,87,88)/b13-9-,25-21-,35-32-,41-39-,52-48-. The third kappa shape index (κ3) is 71.2. The van der Waals surface area contributed by atoms with Crippen molar-refractivity contribution in [2.45, 2.75) is 380 Å². The molecule has 0 fully saturated rings. The van der Waals surface area contributed by atoms with Crippen LogP contribution in [0.5, 0.6) is 0 Å². The van der Waals surface area contributed by atoms with Gasteiger partial charge in [0.15, 0.2) is 12.2 Å². The van der Waals surface area contributed by atoms with Crippen molar-refractivity contribution in [3.8, 4) is 0 Å². The molecule has 0 aromatic rings. The molecule has 5 atom stereocenters. The van der Waals surface area contributed by atoms with Crippen LogP contribution in [0, 0.1) is 0 Å². The zero-order valence-corrected chi connectivity index (χ0v) is 64.3. The summed E-state index contributed by atoms with van der Waals surface area (Å²) < 4.78 is 68.5.